The number of carbonyl (C=O) groups is 2. The van der Waals surface area contributed by atoms with Crippen LogP contribution in [0.15, 0.2) is 24.3 Å². The molecular weight excluding hydrogens is 294 g/mol. The summed E-state index contributed by atoms with van der Waals surface area (Å²) in [6.07, 6.45) is 6.85. The van der Waals surface area contributed by atoms with E-state index >= 15 is 0 Å². The number of carboxylic acids is 1. The van der Waals surface area contributed by atoms with Crippen LogP contribution >= 0.6 is 0 Å². The summed E-state index contributed by atoms with van der Waals surface area (Å²) >= 11 is 0. The molecule has 0 heterocycles. The molecule has 2 aliphatic carbocycles. The van der Waals surface area contributed by atoms with Gasteiger partial charge in [0.2, 0.25) is 5.91 Å². The Morgan fingerprint density at radius 3 is 2.65 bits per heavy atom. The number of carboxylic acid groups (broad SMARTS) is 1. The van der Waals surface area contributed by atoms with Crippen LogP contribution in [0, 0.1) is 11.8 Å². The lowest BCUT2D eigenvalue weighted by atomic mass is 9.98. The summed E-state index contributed by atoms with van der Waals surface area (Å²) in [4.78, 5) is 22.8. The highest BCUT2D eigenvalue weighted by molar-refractivity contribution is 5.98. The average molecular weight is 317 g/mol. The van der Waals surface area contributed by atoms with Gasteiger partial charge in [0.15, 0.2) is 0 Å². The second-order valence-electron chi connectivity index (χ2n) is 6.55. The Labute approximate surface area is 136 Å². The first-order valence-corrected chi connectivity index (χ1v) is 8.37. The van der Waals surface area contributed by atoms with Crippen molar-refractivity contribution in [3.63, 3.8) is 0 Å². The van der Waals surface area contributed by atoms with Gasteiger partial charge in [0.25, 0.3) is 0 Å². The van der Waals surface area contributed by atoms with E-state index in [2.05, 4.69) is 5.32 Å². The SMILES string of the molecule is O=C(O)[C@@H]1C[C@H]1C(=O)Nc1cccc(COC2CCCCC2)c1. The van der Waals surface area contributed by atoms with Crippen LogP contribution in [0.3, 0.4) is 0 Å². The maximum absolute atomic E-state index is 12.0. The predicted molar refractivity (Wildman–Crippen MR) is 86.0 cm³/mol. The molecule has 1 aromatic carbocycles. The third kappa shape index (κ3) is 4.32. The maximum Gasteiger partial charge on any atom is 0.307 e. The molecule has 0 spiro atoms. The maximum atomic E-state index is 12.0. The second-order valence-corrected chi connectivity index (χ2v) is 6.55. The number of ether oxygens (including phenoxy) is 1. The van der Waals surface area contributed by atoms with E-state index < -0.39 is 17.8 Å². The van der Waals surface area contributed by atoms with Gasteiger partial charge in [0.05, 0.1) is 24.5 Å². The zero-order valence-electron chi connectivity index (χ0n) is 13.2. The van der Waals surface area contributed by atoms with Gasteiger partial charge in [0.1, 0.15) is 0 Å². The number of carbonyl (C=O) groups excluding carboxylic acids is 1. The fourth-order valence-corrected chi connectivity index (χ4v) is 3.18. The number of benzene rings is 1. The second kappa shape index (κ2) is 7.13. The lowest BCUT2D eigenvalue weighted by Gasteiger charge is -2.22. The topological polar surface area (TPSA) is 75.6 Å². The van der Waals surface area contributed by atoms with Gasteiger partial charge in [-0.3, -0.25) is 9.59 Å². The summed E-state index contributed by atoms with van der Waals surface area (Å²) in [5.41, 5.74) is 1.73. The normalized spacial score (nSPS) is 24.2. The number of hydrogen-bond donors (Lipinski definition) is 2. The van der Waals surface area contributed by atoms with Crippen LogP contribution in [-0.2, 0) is 20.9 Å². The number of nitrogens with one attached hydrogen (secondary N) is 1. The van der Waals surface area contributed by atoms with Gasteiger partial charge >= 0.3 is 5.97 Å². The van der Waals surface area contributed by atoms with Crippen molar-refractivity contribution in [1.29, 1.82) is 0 Å². The summed E-state index contributed by atoms with van der Waals surface area (Å²) in [5.74, 6) is -2.01. The van der Waals surface area contributed by atoms with Crippen molar-refractivity contribution in [2.45, 2.75) is 51.2 Å². The van der Waals surface area contributed by atoms with Crippen molar-refractivity contribution in [3.8, 4) is 0 Å². The van der Waals surface area contributed by atoms with E-state index in [1.165, 1.54) is 19.3 Å². The Morgan fingerprint density at radius 2 is 1.96 bits per heavy atom. The zero-order chi connectivity index (χ0) is 16.2. The summed E-state index contributed by atoms with van der Waals surface area (Å²) in [6.45, 7) is 0.551. The van der Waals surface area contributed by atoms with Gasteiger partial charge in [-0.2, -0.15) is 0 Å². The van der Waals surface area contributed by atoms with E-state index in [0.29, 0.717) is 24.8 Å². The molecule has 3 rings (SSSR count). The largest absolute Gasteiger partial charge is 0.481 e. The van der Waals surface area contributed by atoms with Crippen molar-refractivity contribution in [2.75, 3.05) is 5.32 Å². The molecule has 124 valence electrons. The third-order valence-electron chi connectivity index (χ3n) is 4.68. The summed E-state index contributed by atoms with van der Waals surface area (Å²) in [7, 11) is 0. The van der Waals surface area contributed by atoms with Gasteiger partial charge in [-0.15, -0.1) is 0 Å². The molecule has 5 heteroatoms. The molecule has 0 aromatic heterocycles. The van der Waals surface area contributed by atoms with Crippen LogP contribution in [-0.4, -0.2) is 23.1 Å². The monoisotopic (exact) mass is 317 g/mol. The van der Waals surface area contributed by atoms with E-state index in [9.17, 15) is 9.59 Å². The minimum atomic E-state index is -0.889. The minimum Gasteiger partial charge on any atom is -0.481 e. The highest BCUT2D eigenvalue weighted by Crippen LogP contribution is 2.39. The van der Waals surface area contributed by atoms with Gasteiger partial charge in [-0.1, -0.05) is 31.4 Å². The number of rotatable bonds is 6. The number of aliphatic carboxylic acids is 1. The predicted octanol–water partition coefficient (Wildman–Crippen LogP) is 3.20. The van der Waals surface area contributed by atoms with Gasteiger partial charge in [0, 0.05) is 5.69 Å². The van der Waals surface area contributed by atoms with Crippen molar-refractivity contribution in [1.82, 2.24) is 0 Å². The summed E-state index contributed by atoms with van der Waals surface area (Å²) in [5, 5.41) is 11.7. The molecule has 0 unspecified atom stereocenters. The Balaban J connectivity index is 1.51. The molecule has 0 bridgehead atoms. The summed E-state index contributed by atoms with van der Waals surface area (Å²) < 4.78 is 5.95. The standard InChI is InChI=1S/C18H23NO4/c20-17(15-10-16(15)18(21)22)19-13-6-4-5-12(9-13)11-23-14-7-2-1-3-8-14/h4-6,9,14-16H,1-3,7-8,10-11H2,(H,19,20)(H,21,22)/t15-,16-/m1/s1. The third-order valence-corrected chi connectivity index (χ3v) is 4.68. The van der Waals surface area contributed by atoms with Crippen LogP contribution < -0.4 is 5.32 Å². The molecule has 0 radical (unpaired) electrons. The molecule has 2 N–H and O–H groups in total. The summed E-state index contributed by atoms with van der Waals surface area (Å²) in [6, 6.07) is 7.59. The first kappa shape index (κ1) is 16.0. The van der Waals surface area contributed by atoms with E-state index in [1.54, 1.807) is 0 Å². The average Bonchev–Trinajstić information content (AvgIpc) is 3.35. The molecule has 2 aliphatic rings. The highest BCUT2D eigenvalue weighted by Gasteiger charge is 2.48. The quantitative estimate of drug-likeness (QED) is 0.845. The first-order chi connectivity index (χ1) is 11.1. The Morgan fingerprint density at radius 1 is 1.17 bits per heavy atom. The van der Waals surface area contributed by atoms with Crippen molar-refractivity contribution in [2.24, 2.45) is 11.8 Å². The Kier molecular flexibility index (Phi) is 4.96. The smallest absolute Gasteiger partial charge is 0.307 e. The van der Waals surface area contributed by atoms with Crippen LogP contribution in [0.2, 0.25) is 0 Å². The van der Waals surface area contributed by atoms with Gasteiger partial charge in [-0.05, 0) is 37.0 Å². The molecule has 23 heavy (non-hydrogen) atoms. The van der Waals surface area contributed by atoms with Crippen LogP contribution in [0.4, 0.5) is 5.69 Å². The zero-order valence-corrected chi connectivity index (χ0v) is 13.2. The van der Waals surface area contributed by atoms with Crippen molar-refractivity contribution < 1.29 is 19.4 Å². The Hall–Kier alpha value is -1.88. The molecule has 2 fully saturated rings. The molecule has 0 aliphatic heterocycles. The van der Waals surface area contributed by atoms with Crippen LogP contribution in [0.25, 0.3) is 0 Å². The van der Waals surface area contributed by atoms with Gasteiger partial charge < -0.3 is 15.2 Å². The van der Waals surface area contributed by atoms with E-state index in [1.807, 2.05) is 24.3 Å². The lowest BCUT2D eigenvalue weighted by Crippen LogP contribution is -2.17. The first-order valence-electron chi connectivity index (χ1n) is 8.37. The fraction of sp³-hybridized carbons (Fsp3) is 0.556. The molecule has 2 atom stereocenters. The molecule has 5 nitrogen and oxygen atoms in total. The lowest BCUT2D eigenvalue weighted by molar-refractivity contribution is -0.139. The number of anilines is 1. The number of hydrogen-bond acceptors (Lipinski definition) is 3. The van der Waals surface area contributed by atoms with E-state index in [4.69, 9.17) is 9.84 Å². The van der Waals surface area contributed by atoms with Crippen LogP contribution in [0.5, 0.6) is 0 Å². The molecule has 2 saturated carbocycles. The van der Waals surface area contributed by atoms with Crippen molar-refractivity contribution >= 4 is 17.6 Å². The van der Waals surface area contributed by atoms with Gasteiger partial charge in [-0.25, -0.2) is 0 Å². The van der Waals surface area contributed by atoms with E-state index in [-0.39, 0.29) is 5.91 Å². The van der Waals surface area contributed by atoms with Crippen LogP contribution in [0.1, 0.15) is 44.1 Å². The molecular formula is C18H23NO4. The fourth-order valence-electron chi connectivity index (χ4n) is 3.18. The van der Waals surface area contributed by atoms with E-state index in [0.717, 1.165) is 18.4 Å². The minimum absolute atomic E-state index is 0.206. The molecule has 1 aromatic rings. The molecule has 1 amide bonds. The van der Waals surface area contributed by atoms with Crippen molar-refractivity contribution in [3.05, 3.63) is 29.8 Å². The number of amides is 1. The highest BCUT2D eigenvalue weighted by atomic mass is 16.5. The molecule has 0 saturated heterocycles. The Bertz CT molecular complexity index is 580.